The van der Waals surface area contributed by atoms with E-state index in [2.05, 4.69) is 15.2 Å². The normalized spacial score (nSPS) is 15.0. The largest absolute Gasteiger partial charge is 0.472 e. The summed E-state index contributed by atoms with van der Waals surface area (Å²) in [5, 5.41) is 8.04. The van der Waals surface area contributed by atoms with Gasteiger partial charge in [0.15, 0.2) is 0 Å². The van der Waals surface area contributed by atoms with Crippen molar-refractivity contribution in [1.29, 1.82) is 0 Å². The van der Waals surface area contributed by atoms with Crippen LogP contribution < -0.4 is 4.74 Å². The summed E-state index contributed by atoms with van der Waals surface area (Å²) >= 11 is 0. The quantitative estimate of drug-likeness (QED) is 0.716. The van der Waals surface area contributed by atoms with E-state index in [0.29, 0.717) is 30.7 Å². The molecule has 0 bridgehead atoms. The highest BCUT2D eigenvalue weighted by Crippen LogP contribution is 2.48. The summed E-state index contributed by atoms with van der Waals surface area (Å²) in [5.74, 6) is 0.00417. The smallest absolute Gasteiger partial charge is 0.318 e. The molecule has 0 unspecified atom stereocenters. The summed E-state index contributed by atoms with van der Waals surface area (Å²) < 4.78 is 35.5. The minimum absolute atomic E-state index is 0.133. The second-order valence-electron chi connectivity index (χ2n) is 5.74. The highest BCUT2D eigenvalue weighted by atomic mass is 19.3. The van der Waals surface area contributed by atoms with Gasteiger partial charge in [-0.3, -0.25) is 9.78 Å². The molecule has 0 spiro atoms. The molecule has 2 aromatic heterocycles. The van der Waals surface area contributed by atoms with E-state index < -0.39 is 11.8 Å². The van der Waals surface area contributed by atoms with Crippen LogP contribution in [-0.4, -0.2) is 27.8 Å². The van der Waals surface area contributed by atoms with Crippen molar-refractivity contribution in [2.24, 2.45) is 0 Å². The maximum absolute atomic E-state index is 12.4. The Morgan fingerprint density at radius 3 is 2.56 bits per heavy atom. The zero-order valence-electron chi connectivity index (χ0n) is 13.6. The molecule has 6 nitrogen and oxygen atoms in total. The Kier molecular flexibility index (Phi) is 4.87. The third-order valence-electron chi connectivity index (χ3n) is 4.00. The number of pyridine rings is 1. The molecule has 1 saturated carbocycles. The molecular weight excluding hydrogens is 332 g/mol. The molecular formula is C17H17F2N3O3. The van der Waals surface area contributed by atoms with Crippen molar-refractivity contribution in [2.45, 2.75) is 38.2 Å². The van der Waals surface area contributed by atoms with Crippen LogP contribution in [0.2, 0.25) is 0 Å². The topological polar surface area (TPSA) is 74.2 Å². The molecule has 2 heterocycles. The van der Waals surface area contributed by atoms with E-state index in [0.717, 1.165) is 0 Å². The second kappa shape index (κ2) is 7.08. The summed E-state index contributed by atoms with van der Waals surface area (Å²) in [5.41, 5.74) is 0.264. The summed E-state index contributed by atoms with van der Waals surface area (Å²) in [6, 6.07) is 6.11. The van der Waals surface area contributed by atoms with E-state index in [4.69, 9.17) is 9.47 Å². The van der Waals surface area contributed by atoms with Gasteiger partial charge >= 0.3 is 5.97 Å². The van der Waals surface area contributed by atoms with E-state index in [9.17, 15) is 13.6 Å². The fourth-order valence-corrected chi connectivity index (χ4v) is 2.42. The fourth-order valence-electron chi connectivity index (χ4n) is 2.42. The van der Waals surface area contributed by atoms with Gasteiger partial charge in [-0.05, 0) is 31.9 Å². The SMILES string of the molecule is CCOC(=O)C1(c2ccc(OCc3ccc(C(F)F)nc3)nn2)CC1. The first-order valence-electron chi connectivity index (χ1n) is 7.92. The third kappa shape index (κ3) is 3.72. The van der Waals surface area contributed by atoms with Crippen LogP contribution in [0.1, 0.15) is 43.1 Å². The second-order valence-corrected chi connectivity index (χ2v) is 5.74. The van der Waals surface area contributed by atoms with Crippen molar-refractivity contribution < 1.29 is 23.0 Å². The predicted molar refractivity (Wildman–Crippen MR) is 83.1 cm³/mol. The van der Waals surface area contributed by atoms with E-state index >= 15 is 0 Å². The highest BCUT2D eigenvalue weighted by Gasteiger charge is 2.54. The molecule has 1 fully saturated rings. The monoisotopic (exact) mass is 349 g/mol. The van der Waals surface area contributed by atoms with Crippen LogP contribution in [0.3, 0.4) is 0 Å². The predicted octanol–water partition coefficient (Wildman–Crippen LogP) is 2.98. The van der Waals surface area contributed by atoms with Gasteiger partial charge in [0.1, 0.15) is 17.7 Å². The fraction of sp³-hybridized carbons (Fsp3) is 0.412. The molecule has 0 saturated heterocycles. The Balaban J connectivity index is 1.60. The van der Waals surface area contributed by atoms with Crippen molar-refractivity contribution in [3.63, 3.8) is 0 Å². The van der Waals surface area contributed by atoms with E-state index in [1.807, 2.05) is 0 Å². The molecule has 8 heteroatoms. The number of aromatic nitrogens is 3. The maximum Gasteiger partial charge on any atom is 0.318 e. The average molecular weight is 349 g/mol. The van der Waals surface area contributed by atoms with Gasteiger partial charge in [0.05, 0.1) is 12.3 Å². The van der Waals surface area contributed by atoms with Crippen molar-refractivity contribution in [3.8, 4) is 5.88 Å². The number of hydrogen-bond acceptors (Lipinski definition) is 6. The van der Waals surface area contributed by atoms with Gasteiger partial charge in [-0.15, -0.1) is 5.10 Å². The van der Waals surface area contributed by atoms with Gasteiger partial charge in [0.25, 0.3) is 6.43 Å². The van der Waals surface area contributed by atoms with Gasteiger partial charge in [-0.2, -0.15) is 5.10 Å². The van der Waals surface area contributed by atoms with Crippen molar-refractivity contribution in [1.82, 2.24) is 15.2 Å². The lowest BCUT2D eigenvalue weighted by atomic mass is 10.0. The Morgan fingerprint density at radius 2 is 2.04 bits per heavy atom. The lowest BCUT2D eigenvalue weighted by Crippen LogP contribution is -2.24. The Labute approximate surface area is 143 Å². The van der Waals surface area contributed by atoms with Crippen molar-refractivity contribution in [3.05, 3.63) is 47.4 Å². The van der Waals surface area contributed by atoms with E-state index in [-0.39, 0.29) is 24.2 Å². The lowest BCUT2D eigenvalue weighted by Gasteiger charge is -2.12. The molecule has 2 aromatic rings. The van der Waals surface area contributed by atoms with E-state index in [1.54, 1.807) is 19.1 Å². The zero-order chi connectivity index (χ0) is 17.9. The first-order chi connectivity index (χ1) is 12.0. The number of ether oxygens (including phenoxy) is 2. The minimum atomic E-state index is -2.59. The third-order valence-corrected chi connectivity index (χ3v) is 4.00. The number of rotatable bonds is 7. The Bertz CT molecular complexity index is 732. The molecule has 0 amide bonds. The summed E-state index contributed by atoms with van der Waals surface area (Å²) in [7, 11) is 0. The first kappa shape index (κ1) is 17.2. The molecule has 0 aromatic carbocycles. The van der Waals surface area contributed by atoms with Crippen LogP contribution in [0.4, 0.5) is 8.78 Å². The van der Waals surface area contributed by atoms with Crippen molar-refractivity contribution in [2.75, 3.05) is 6.61 Å². The molecule has 1 aliphatic rings. The number of esters is 1. The van der Waals surface area contributed by atoms with Gasteiger partial charge in [-0.1, -0.05) is 6.07 Å². The highest BCUT2D eigenvalue weighted by molar-refractivity contribution is 5.85. The number of alkyl halides is 2. The van der Waals surface area contributed by atoms with Gasteiger partial charge in [-0.25, -0.2) is 8.78 Å². The number of halogens is 2. The standard InChI is InChI=1S/C17H17F2N3O3/c1-2-24-16(23)17(7-8-17)13-5-6-14(22-21-13)25-10-11-3-4-12(15(18)19)20-9-11/h3-6,9,15H,2,7-8,10H2,1H3. The van der Waals surface area contributed by atoms with Crippen LogP contribution in [0.25, 0.3) is 0 Å². The molecule has 0 radical (unpaired) electrons. The molecule has 0 N–H and O–H groups in total. The maximum atomic E-state index is 12.4. The number of carbonyl (C=O) groups is 1. The first-order valence-corrected chi connectivity index (χ1v) is 7.92. The lowest BCUT2D eigenvalue weighted by molar-refractivity contribution is -0.146. The van der Waals surface area contributed by atoms with Crippen LogP contribution in [0, 0.1) is 0 Å². The average Bonchev–Trinajstić information content (AvgIpc) is 3.43. The molecule has 132 valence electrons. The summed E-state index contributed by atoms with van der Waals surface area (Å²) in [6.07, 6.45) is 0.136. The van der Waals surface area contributed by atoms with Gasteiger partial charge in [0.2, 0.25) is 5.88 Å². The van der Waals surface area contributed by atoms with Crippen molar-refractivity contribution >= 4 is 5.97 Å². The summed E-state index contributed by atoms with van der Waals surface area (Å²) in [6.45, 7) is 2.22. The number of hydrogen-bond donors (Lipinski definition) is 0. The molecule has 1 aliphatic carbocycles. The zero-order valence-corrected chi connectivity index (χ0v) is 13.6. The molecule has 3 rings (SSSR count). The molecule has 0 atom stereocenters. The van der Waals surface area contributed by atoms with Crippen LogP contribution >= 0.6 is 0 Å². The van der Waals surface area contributed by atoms with Gasteiger partial charge in [0, 0.05) is 17.8 Å². The Hall–Kier alpha value is -2.64. The number of carbonyl (C=O) groups excluding carboxylic acids is 1. The Morgan fingerprint density at radius 1 is 1.24 bits per heavy atom. The molecule has 25 heavy (non-hydrogen) atoms. The van der Waals surface area contributed by atoms with Crippen LogP contribution in [-0.2, 0) is 21.6 Å². The minimum Gasteiger partial charge on any atom is -0.472 e. The van der Waals surface area contributed by atoms with Crippen LogP contribution in [0.5, 0.6) is 5.88 Å². The number of nitrogens with zero attached hydrogens (tertiary/aromatic N) is 3. The molecule has 0 aliphatic heterocycles. The summed E-state index contributed by atoms with van der Waals surface area (Å²) in [4.78, 5) is 15.7. The van der Waals surface area contributed by atoms with Crippen LogP contribution in [0.15, 0.2) is 30.5 Å². The van der Waals surface area contributed by atoms with E-state index in [1.165, 1.54) is 18.3 Å². The van der Waals surface area contributed by atoms with Gasteiger partial charge < -0.3 is 9.47 Å².